The lowest BCUT2D eigenvalue weighted by atomic mass is 10.3. The van der Waals surface area contributed by atoms with E-state index in [4.69, 9.17) is 5.73 Å². The van der Waals surface area contributed by atoms with Crippen LogP contribution in [0.25, 0.3) is 0 Å². The molecule has 1 nitrogen and oxygen atoms in total. The molecule has 2 N–H and O–H groups in total. The number of rotatable bonds is 5. The van der Waals surface area contributed by atoms with Crippen molar-refractivity contribution in [2.75, 3.05) is 17.2 Å². The van der Waals surface area contributed by atoms with Gasteiger partial charge in [-0.2, -0.15) is 0 Å². The van der Waals surface area contributed by atoms with Crippen LogP contribution in [0.3, 0.4) is 0 Å². The predicted molar refractivity (Wildman–Crippen MR) is 86.4 cm³/mol. The van der Waals surface area contributed by atoms with Gasteiger partial charge in [-0.1, -0.05) is 12.1 Å². The molecule has 100 valence electrons. The van der Waals surface area contributed by atoms with E-state index < -0.39 is 0 Å². The summed E-state index contributed by atoms with van der Waals surface area (Å²) in [7, 11) is 0. The molecule has 2 aromatic rings. The fourth-order valence-electron chi connectivity index (χ4n) is 1.50. The van der Waals surface area contributed by atoms with Gasteiger partial charge in [-0.25, -0.2) is 4.39 Å². The molecule has 2 rings (SSSR count). The molecule has 0 saturated carbocycles. The molecule has 0 aliphatic carbocycles. The van der Waals surface area contributed by atoms with Crippen LogP contribution in [0.5, 0.6) is 0 Å². The summed E-state index contributed by atoms with van der Waals surface area (Å²) in [5, 5.41) is 0. The van der Waals surface area contributed by atoms with E-state index >= 15 is 0 Å². The Kier molecular flexibility index (Phi) is 5.60. The summed E-state index contributed by atoms with van der Waals surface area (Å²) in [6.07, 6.45) is 0. The summed E-state index contributed by atoms with van der Waals surface area (Å²) in [6.45, 7) is 0. The van der Waals surface area contributed by atoms with Crippen molar-refractivity contribution >= 4 is 45.1 Å². The van der Waals surface area contributed by atoms with Gasteiger partial charge in [0.15, 0.2) is 0 Å². The van der Waals surface area contributed by atoms with Crippen LogP contribution in [0.4, 0.5) is 10.1 Å². The molecule has 19 heavy (non-hydrogen) atoms. The van der Waals surface area contributed by atoms with Crippen LogP contribution in [0, 0.1) is 5.82 Å². The molecule has 0 spiro atoms. The second-order valence-electron chi connectivity index (χ2n) is 3.82. The van der Waals surface area contributed by atoms with Crippen LogP contribution in [-0.2, 0) is 0 Å². The molecule has 5 heteroatoms. The third kappa shape index (κ3) is 4.44. The highest BCUT2D eigenvalue weighted by Gasteiger charge is 2.03. The molecule has 2 aromatic carbocycles. The second kappa shape index (κ2) is 7.22. The van der Waals surface area contributed by atoms with Gasteiger partial charge in [0.05, 0.1) is 0 Å². The van der Waals surface area contributed by atoms with Gasteiger partial charge in [0.2, 0.25) is 0 Å². The molecule has 0 aliphatic heterocycles. The van der Waals surface area contributed by atoms with E-state index in [0.717, 1.165) is 26.6 Å². The van der Waals surface area contributed by atoms with E-state index in [0.29, 0.717) is 4.90 Å². The second-order valence-corrected chi connectivity index (χ2v) is 6.95. The third-order valence-corrected chi connectivity index (χ3v) is 5.69. The molecule has 0 radical (unpaired) electrons. The zero-order valence-corrected chi connectivity index (χ0v) is 13.3. The molecular weight excluding hydrogens is 345 g/mol. The highest BCUT2D eigenvalue weighted by molar-refractivity contribution is 9.10. The number of anilines is 1. The van der Waals surface area contributed by atoms with Crippen molar-refractivity contribution in [1.82, 2.24) is 0 Å². The molecule has 0 heterocycles. The number of halogens is 2. The SMILES string of the molecule is Nc1ccc(SCCSc2ccccc2F)c(Br)c1. The molecule has 0 amide bonds. The first-order valence-electron chi connectivity index (χ1n) is 5.72. The first-order chi connectivity index (χ1) is 9.16. The summed E-state index contributed by atoms with van der Waals surface area (Å²) in [5.41, 5.74) is 6.44. The van der Waals surface area contributed by atoms with Gasteiger partial charge in [0, 0.05) is 31.5 Å². The molecule has 0 unspecified atom stereocenters. The zero-order valence-electron chi connectivity index (χ0n) is 10.1. The van der Waals surface area contributed by atoms with Crippen molar-refractivity contribution in [3.8, 4) is 0 Å². The Bertz CT molecular complexity index is 563. The van der Waals surface area contributed by atoms with Gasteiger partial charge in [-0.3, -0.25) is 0 Å². The van der Waals surface area contributed by atoms with Crippen LogP contribution < -0.4 is 5.73 Å². The van der Waals surface area contributed by atoms with Crippen molar-refractivity contribution in [3.05, 3.63) is 52.8 Å². The summed E-state index contributed by atoms with van der Waals surface area (Å²) in [4.78, 5) is 1.86. The average Bonchev–Trinajstić information content (AvgIpc) is 2.38. The standard InChI is InChI=1S/C14H13BrFNS2/c15-11-9-10(17)5-6-13(11)18-7-8-19-14-4-2-1-3-12(14)16/h1-6,9H,7-8,17H2. The van der Waals surface area contributed by atoms with Crippen LogP contribution in [-0.4, -0.2) is 11.5 Å². The maximum absolute atomic E-state index is 13.4. The van der Waals surface area contributed by atoms with Gasteiger partial charge in [0.25, 0.3) is 0 Å². The summed E-state index contributed by atoms with van der Waals surface area (Å²) < 4.78 is 14.4. The maximum atomic E-state index is 13.4. The Balaban J connectivity index is 1.83. The largest absolute Gasteiger partial charge is 0.399 e. The summed E-state index contributed by atoms with van der Waals surface area (Å²) in [5.74, 6) is 1.63. The van der Waals surface area contributed by atoms with E-state index in [1.807, 2.05) is 30.3 Å². The van der Waals surface area contributed by atoms with Gasteiger partial charge in [-0.15, -0.1) is 23.5 Å². The summed E-state index contributed by atoms with van der Waals surface area (Å²) in [6, 6.07) is 12.6. The summed E-state index contributed by atoms with van der Waals surface area (Å²) >= 11 is 6.76. The molecule has 0 atom stereocenters. The number of nitrogen functional groups attached to an aromatic ring is 1. The Morgan fingerprint density at radius 1 is 1.00 bits per heavy atom. The number of nitrogens with two attached hydrogens (primary N) is 1. The van der Waals surface area contributed by atoms with Crippen molar-refractivity contribution in [2.24, 2.45) is 0 Å². The van der Waals surface area contributed by atoms with Crippen molar-refractivity contribution in [2.45, 2.75) is 9.79 Å². The highest BCUT2D eigenvalue weighted by Crippen LogP contribution is 2.30. The number of hydrogen-bond donors (Lipinski definition) is 1. The van der Waals surface area contributed by atoms with Gasteiger partial charge < -0.3 is 5.73 Å². The highest BCUT2D eigenvalue weighted by atomic mass is 79.9. The monoisotopic (exact) mass is 357 g/mol. The molecule has 0 fully saturated rings. The minimum Gasteiger partial charge on any atom is -0.399 e. The van der Waals surface area contributed by atoms with Crippen LogP contribution >= 0.6 is 39.5 Å². The van der Waals surface area contributed by atoms with Crippen LogP contribution in [0.1, 0.15) is 0 Å². The van der Waals surface area contributed by atoms with Crippen LogP contribution in [0.15, 0.2) is 56.7 Å². The Labute approximate surface area is 129 Å². The van der Waals surface area contributed by atoms with Gasteiger partial charge >= 0.3 is 0 Å². The molecule has 0 aliphatic rings. The third-order valence-electron chi connectivity index (χ3n) is 2.39. The van der Waals surface area contributed by atoms with Gasteiger partial charge in [-0.05, 0) is 46.3 Å². The zero-order chi connectivity index (χ0) is 13.7. The average molecular weight is 358 g/mol. The predicted octanol–water partition coefficient (Wildman–Crippen LogP) is 5.05. The van der Waals surface area contributed by atoms with Crippen molar-refractivity contribution < 1.29 is 4.39 Å². The fraction of sp³-hybridized carbons (Fsp3) is 0.143. The molecule has 0 aromatic heterocycles. The lowest BCUT2D eigenvalue weighted by molar-refractivity contribution is 0.602. The topological polar surface area (TPSA) is 26.0 Å². The molecular formula is C14H13BrFNS2. The lowest BCUT2D eigenvalue weighted by Crippen LogP contribution is -1.88. The van der Waals surface area contributed by atoms with E-state index in [-0.39, 0.29) is 5.82 Å². The lowest BCUT2D eigenvalue weighted by Gasteiger charge is -2.06. The van der Waals surface area contributed by atoms with Gasteiger partial charge in [0.1, 0.15) is 5.82 Å². The number of hydrogen-bond acceptors (Lipinski definition) is 3. The first-order valence-corrected chi connectivity index (χ1v) is 8.48. The Hall–Kier alpha value is -0.650. The van der Waals surface area contributed by atoms with E-state index in [2.05, 4.69) is 15.9 Å². The minimum atomic E-state index is -0.147. The number of thioether (sulfide) groups is 2. The number of benzene rings is 2. The first kappa shape index (κ1) is 14.8. The van der Waals surface area contributed by atoms with Crippen LogP contribution in [0.2, 0.25) is 0 Å². The smallest absolute Gasteiger partial charge is 0.136 e. The fourth-order valence-corrected chi connectivity index (χ4v) is 4.09. The quantitative estimate of drug-likeness (QED) is 0.460. The maximum Gasteiger partial charge on any atom is 0.136 e. The molecule has 0 saturated heterocycles. The van der Waals surface area contributed by atoms with Crippen molar-refractivity contribution in [3.63, 3.8) is 0 Å². The normalized spacial score (nSPS) is 10.6. The Morgan fingerprint density at radius 2 is 1.68 bits per heavy atom. The van der Waals surface area contributed by atoms with Crippen molar-refractivity contribution in [1.29, 1.82) is 0 Å². The molecule has 0 bridgehead atoms. The Morgan fingerprint density at radius 3 is 2.37 bits per heavy atom. The van der Waals surface area contributed by atoms with E-state index in [1.54, 1.807) is 17.8 Å². The minimum absolute atomic E-state index is 0.147. The van der Waals surface area contributed by atoms with E-state index in [9.17, 15) is 4.39 Å². The van der Waals surface area contributed by atoms with E-state index in [1.165, 1.54) is 17.8 Å².